The maximum Gasteiger partial charge on any atom is 2.00 e. The minimum atomic E-state index is -1.08. The van der Waals surface area contributed by atoms with E-state index in [0.717, 1.165) is 13.8 Å². The first-order valence-corrected chi connectivity index (χ1v) is 5.98. The van der Waals surface area contributed by atoms with Crippen LogP contribution in [-0.2, 0) is 48.5 Å². The molecule has 0 saturated carbocycles. The average molecular weight is 572 g/mol. The molecule has 162 valence electrons. The van der Waals surface area contributed by atoms with Gasteiger partial charge in [0.15, 0.2) is 0 Å². The second-order valence-corrected chi connectivity index (χ2v) is 3.71. The molecule has 2 radical (unpaired) electrons. The number of oxime groups is 2. The van der Waals surface area contributed by atoms with Crippen molar-refractivity contribution < 1.29 is 74.6 Å². The number of carboxylic acids is 2. The van der Waals surface area contributed by atoms with Crippen molar-refractivity contribution in [3.05, 3.63) is 10.4 Å². The van der Waals surface area contributed by atoms with Gasteiger partial charge in [-0.05, 0) is 41.5 Å². The van der Waals surface area contributed by atoms with Gasteiger partial charge in [0.25, 0.3) is 0 Å². The summed E-state index contributed by atoms with van der Waals surface area (Å²) in [5.41, 5.74) is 0.903. The minimum Gasteiger partial charge on any atom is -0.792 e. The maximum absolute atomic E-state index is 9.63. The van der Waals surface area contributed by atoms with Crippen LogP contribution in [0, 0.1) is 10.4 Å². The third-order valence-electron chi connectivity index (χ3n) is 1.62. The molecule has 0 aromatic rings. The topological polar surface area (TPSA) is 248 Å². The molecule has 0 fully saturated rings. The molecule has 27 heavy (non-hydrogen) atoms. The number of nitrogens with zero attached hydrogens (tertiary/aromatic N) is 4. The quantitative estimate of drug-likeness (QED) is 0.166. The molecule has 0 unspecified atom stereocenters. The van der Waals surface area contributed by atoms with Crippen LogP contribution < -0.4 is 10.2 Å². The molecule has 0 aliphatic rings. The van der Waals surface area contributed by atoms with Crippen molar-refractivity contribution in [2.75, 3.05) is 0 Å². The zero-order valence-electron chi connectivity index (χ0n) is 15.3. The van der Waals surface area contributed by atoms with Crippen LogP contribution in [-0.4, -0.2) is 50.7 Å². The second kappa shape index (κ2) is 31.8. The van der Waals surface area contributed by atoms with Gasteiger partial charge >= 0.3 is 39.0 Å². The van der Waals surface area contributed by atoms with E-state index < -0.39 is 11.9 Å². The van der Waals surface area contributed by atoms with E-state index in [9.17, 15) is 10.4 Å². The number of carbonyl (C=O) groups excluding carboxylic acids is 2. The molecule has 0 saturated heterocycles. The first-order chi connectivity index (χ1) is 10.9. The molecule has 13 nitrogen and oxygen atoms in total. The molecule has 0 amide bonds. The molecule has 0 spiro atoms. The minimum absolute atomic E-state index is 0. The van der Waals surface area contributed by atoms with E-state index in [1.54, 1.807) is 0 Å². The summed E-state index contributed by atoms with van der Waals surface area (Å²) < 4.78 is 0. The summed E-state index contributed by atoms with van der Waals surface area (Å²) in [5, 5.41) is 63.6. The second-order valence-electron chi connectivity index (χ2n) is 3.71. The molecule has 0 aliphatic heterocycles. The smallest absolute Gasteiger partial charge is 0.792 e. The van der Waals surface area contributed by atoms with E-state index >= 15 is 0 Å². The van der Waals surface area contributed by atoms with Crippen molar-refractivity contribution in [1.82, 2.24) is 0 Å². The first kappa shape index (κ1) is 44.5. The number of carboxylic acid groups (broad SMARTS) is 2. The molecule has 0 atom stereocenters. The molecule has 4 N–H and O–H groups in total. The molecule has 0 aliphatic carbocycles. The molecule has 15 heteroatoms. The fourth-order valence-electron chi connectivity index (χ4n) is 0.277. The Kier molecular flexibility index (Phi) is 52.3. The van der Waals surface area contributed by atoms with Gasteiger partial charge in [0.05, 0.1) is 22.8 Å². The van der Waals surface area contributed by atoms with E-state index in [2.05, 4.69) is 20.6 Å². The van der Waals surface area contributed by atoms with E-state index in [4.69, 9.17) is 30.2 Å². The summed E-state index contributed by atoms with van der Waals surface area (Å²) in [6.07, 6.45) is 0. The maximum atomic E-state index is 9.63. The Morgan fingerprint density at radius 1 is 0.630 bits per heavy atom. The fourth-order valence-corrected chi connectivity index (χ4v) is 0.277. The molecular weight excluding hydrogens is 550 g/mol. The van der Waals surface area contributed by atoms with Gasteiger partial charge < -0.3 is 56.4 Å². The van der Waals surface area contributed by atoms with Crippen LogP contribution in [0.2, 0.25) is 0 Å². The van der Waals surface area contributed by atoms with Gasteiger partial charge in [0.1, 0.15) is 0 Å². The Bertz CT molecular complexity index is 411. The zero-order valence-corrected chi connectivity index (χ0v) is 18.6. The Hall–Kier alpha value is -1.97. The van der Waals surface area contributed by atoms with Crippen molar-refractivity contribution in [2.45, 2.75) is 41.5 Å². The van der Waals surface area contributed by atoms with E-state index in [1.165, 1.54) is 27.7 Å². The molecule has 0 aromatic heterocycles. The summed E-state index contributed by atoms with van der Waals surface area (Å²) in [6, 6.07) is 0. The standard InChI is InChI=1S/2C4H8N2O2.2C2H4O2.H2O.2Rh/c2*1-3(5-7)4(2)6-8;2*1-2(3)4;;;/h2*7-8H,1-2H3;2*1H3,(H,3,4);1H2;;/q;;;;;2*+2/p-4/b2*5-3+,6-4+;;;;;. The number of hydrogen-bond donors (Lipinski definition) is 2. The van der Waals surface area contributed by atoms with Crippen molar-refractivity contribution in [2.24, 2.45) is 20.6 Å². The summed E-state index contributed by atoms with van der Waals surface area (Å²) in [7, 11) is 0. The first-order valence-electron chi connectivity index (χ1n) is 5.98. The Balaban J connectivity index is -0.0000000399. The van der Waals surface area contributed by atoms with Gasteiger partial charge in [0, 0.05) is 11.9 Å². The average Bonchev–Trinajstić information content (AvgIpc) is 2.51. The van der Waals surface area contributed by atoms with Crippen molar-refractivity contribution in [3.8, 4) is 0 Å². The van der Waals surface area contributed by atoms with Gasteiger partial charge in [-0.15, -0.1) is 0 Å². The van der Waals surface area contributed by atoms with Gasteiger partial charge in [-0.3, -0.25) is 0 Å². The van der Waals surface area contributed by atoms with Crippen LogP contribution >= 0.6 is 0 Å². The number of hydrogen-bond acceptors (Lipinski definition) is 12. The van der Waals surface area contributed by atoms with E-state index in [-0.39, 0.29) is 67.3 Å². The summed E-state index contributed by atoms with van der Waals surface area (Å²) >= 11 is 0. The van der Waals surface area contributed by atoms with E-state index in [0.29, 0.717) is 0 Å². The molecule has 0 heterocycles. The SMILES string of the molecule is CC(=N\[O-])/C(C)=N/O.CC(=N\[O-])/C(C)=N/O.CC(=O)[O-].CC(=O)[O-].O.[Rh+2].[Rh+2]. The third kappa shape index (κ3) is 59.2. The van der Waals surface area contributed by atoms with Crippen LogP contribution in [0.3, 0.4) is 0 Å². The van der Waals surface area contributed by atoms with E-state index in [1.807, 2.05) is 0 Å². The Morgan fingerprint density at radius 2 is 0.778 bits per heavy atom. The third-order valence-corrected chi connectivity index (χ3v) is 1.62. The Morgan fingerprint density at radius 3 is 0.815 bits per heavy atom. The van der Waals surface area contributed by atoms with Gasteiger partial charge in [-0.1, -0.05) is 10.3 Å². The van der Waals surface area contributed by atoms with Gasteiger partial charge in [-0.2, -0.15) is 0 Å². The van der Waals surface area contributed by atoms with Gasteiger partial charge in [-0.25, -0.2) is 0 Å². The molecule has 0 aromatic carbocycles. The van der Waals surface area contributed by atoms with Crippen molar-refractivity contribution in [1.29, 1.82) is 0 Å². The monoisotopic (exact) mass is 572 g/mol. The number of carbonyl (C=O) groups is 2. The largest absolute Gasteiger partial charge is 2.00 e. The van der Waals surface area contributed by atoms with Crippen LogP contribution in [0.25, 0.3) is 0 Å². The Labute approximate surface area is 182 Å². The summed E-state index contributed by atoms with van der Waals surface area (Å²) in [5.74, 6) is -2.17. The summed E-state index contributed by atoms with van der Waals surface area (Å²) in [6.45, 7) is 7.89. The van der Waals surface area contributed by atoms with Crippen LogP contribution in [0.4, 0.5) is 0 Å². The molecular formula is C12H22N4O9Rh2. The molecule has 0 rings (SSSR count). The van der Waals surface area contributed by atoms with Crippen LogP contribution in [0.5, 0.6) is 0 Å². The zero-order chi connectivity index (χ0) is 20.3. The summed E-state index contributed by atoms with van der Waals surface area (Å²) in [4.78, 5) is 17.8. The van der Waals surface area contributed by atoms with Crippen molar-refractivity contribution in [3.63, 3.8) is 0 Å². The fraction of sp³-hybridized carbons (Fsp3) is 0.500. The predicted molar refractivity (Wildman–Crippen MR) is 87.7 cm³/mol. The number of rotatable bonds is 2. The van der Waals surface area contributed by atoms with Crippen LogP contribution in [0.15, 0.2) is 20.6 Å². The predicted octanol–water partition coefficient (Wildman–Crippen LogP) is -1.73. The van der Waals surface area contributed by atoms with Gasteiger partial charge in [0.2, 0.25) is 0 Å². The van der Waals surface area contributed by atoms with Crippen molar-refractivity contribution >= 4 is 34.8 Å². The molecule has 0 bridgehead atoms. The van der Waals surface area contributed by atoms with Crippen LogP contribution in [0.1, 0.15) is 41.5 Å². The normalized spacial score (nSPS) is 10.3. The number of aliphatic carboxylic acids is 2.